The fraction of sp³-hybridized carbons (Fsp3) is 0.591. The molecule has 3 aromatic heterocycles. The Labute approximate surface area is 211 Å². The second-order valence-corrected chi connectivity index (χ2v) is 9.11. The van der Waals surface area contributed by atoms with Gasteiger partial charge in [0.15, 0.2) is 29.0 Å². The third-order valence-corrected chi connectivity index (χ3v) is 6.66. The quantitative estimate of drug-likeness (QED) is 0.407. The molecule has 0 bridgehead atoms. The number of carbonyl (C=O) groups excluding carboxylic acids is 1. The number of carbonyl (C=O) groups is 1. The molecular formula is C22H28ClN7O6. The van der Waals surface area contributed by atoms with Gasteiger partial charge in [0.25, 0.3) is 0 Å². The van der Waals surface area contributed by atoms with Crippen molar-refractivity contribution in [2.45, 2.75) is 63.7 Å². The van der Waals surface area contributed by atoms with Gasteiger partial charge >= 0.3 is 6.09 Å². The Morgan fingerprint density at radius 2 is 2.03 bits per heavy atom. The zero-order valence-electron chi connectivity index (χ0n) is 19.9. The molecule has 13 nitrogen and oxygen atoms in total. The van der Waals surface area contributed by atoms with Gasteiger partial charge in [-0.2, -0.15) is 9.97 Å². The first kappa shape index (κ1) is 24.7. The number of piperidine rings is 1. The van der Waals surface area contributed by atoms with Crippen LogP contribution >= 0.6 is 11.6 Å². The fourth-order valence-electron chi connectivity index (χ4n) is 4.54. The normalized spacial score (nSPS) is 25.0. The number of halogens is 1. The van der Waals surface area contributed by atoms with Crippen LogP contribution in [0.2, 0.25) is 5.28 Å². The highest BCUT2D eigenvalue weighted by Crippen LogP contribution is 2.40. The second-order valence-electron chi connectivity index (χ2n) is 8.77. The summed E-state index contributed by atoms with van der Waals surface area (Å²) in [6.07, 6.45) is -1.22. The number of aromatic nitrogens is 5. The third-order valence-electron chi connectivity index (χ3n) is 6.49. The minimum Gasteiger partial charge on any atom is -0.450 e. The Morgan fingerprint density at radius 3 is 2.72 bits per heavy atom. The lowest BCUT2D eigenvalue weighted by molar-refractivity contribution is -0.0434. The highest BCUT2D eigenvalue weighted by molar-refractivity contribution is 6.28. The van der Waals surface area contributed by atoms with Gasteiger partial charge in [-0.3, -0.25) is 4.57 Å². The van der Waals surface area contributed by atoms with Crippen molar-refractivity contribution in [3.8, 4) is 0 Å². The van der Waals surface area contributed by atoms with E-state index in [-0.39, 0.29) is 17.4 Å². The molecular weight excluding hydrogens is 494 g/mol. The van der Waals surface area contributed by atoms with Gasteiger partial charge < -0.3 is 34.4 Å². The van der Waals surface area contributed by atoms with Crippen molar-refractivity contribution in [2.75, 3.05) is 25.0 Å². The molecule has 0 unspecified atom stereocenters. The zero-order chi connectivity index (χ0) is 25.4. The van der Waals surface area contributed by atoms with Crippen molar-refractivity contribution < 1.29 is 29.0 Å². The van der Waals surface area contributed by atoms with Crippen LogP contribution < -0.4 is 5.32 Å². The van der Waals surface area contributed by atoms with E-state index in [9.17, 15) is 15.0 Å². The summed E-state index contributed by atoms with van der Waals surface area (Å²) in [5, 5.41) is 28.7. The van der Waals surface area contributed by atoms with Crippen LogP contribution in [-0.4, -0.2) is 83.8 Å². The lowest BCUT2D eigenvalue weighted by Crippen LogP contribution is -2.42. The van der Waals surface area contributed by atoms with E-state index in [4.69, 9.17) is 25.6 Å². The molecule has 2 aliphatic heterocycles. The van der Waals surface area contributed by atoms with Crippen LogP contribution in [0.25, 0.3) is 11.2 Å². The largest absolute Gasteiger partial charge is 0.450 e. The van der Waals surface area contributed by atoms with Crippen LogP contribution in [0.5, 0.6) is 0 Å². The lowest BCUT2D eigenvalue weighted by Gasteiger charge is -2.31. The van der Waals surface area contributed by atoms with E-state index in [0.29, 0.717) is 61.7 Å². The number of amides is 1. The molecule has 36 heavy (non-hydrogen) atoms. The average Bonchev–Trinajstić information content (AvgIpc) is 3.58. The Bertz CT molecular complexity index is 1230. The number of aryl methyl sites for hydroxylation is 1. The maximum atomic E-state index is 12.0. The van der Waals surface area contributed by atoms with E-state index in [1.165, 1.54) is 10.9 Å². The maximum absolute atomic E-state index is 12.0. The predicted molar refractivity (Wildman–Crippen MR) is 126 cm³/mol. The molecule has 0 aliphatic carbocycles. The molecule has 2 saturated heterocycles. The van der Waals surface area contributed by atoms with Gasteiger partial charge in [0.1, 0.15) is 18.3 Å². The number of fused-ring (bicyclic) bond motifs is 1. The van der Waals surface area contributed by atoms with Crippen molar-refractivity contribution in [3.63, 3.8) is 0 Å². The van der Waals surface area contributed by atoms with Crippen LogP contribution in [0.4, 0.5) is 10.6 Å². The molecule has 4 atom stereocenters. The first-order valence-corrected chi connectivity index (χ1v) is 12.3. The molecule has 14 heteroatoms. The van der Waals surface area contributed by atoms with Crippen LogP contribution in [0.3, 0.4) is 0 Å². The van der Waals surface area contributed by atoms with Gasteiger partial charge in [-0.25, -0.2) is 9.78 Å². The van der Waals surface area contributed by atoms with Crippen molar-refractivity contribution in [1.82, 2.24) is 29.6 Å². The number of nitrogens with one attached hydrogen (secondary N) is 1. The van der Waals surface area contributed by atoms with Crippen molar-refractivity contribution >= 4 is 34.7 Å². The van der Waals surface area contributed by atoms with Gasteiger partial charge in [0, 0.05) is 25.2 Å². The number of imidazole rings is 1. The average molecular weight is 522 g/mol. The van der Waals surface area contributed by atoms with E-state index in [2.05, 4.69) is 25.4 Å². The van der Waals surface area contributed by atoms with Crippen LogP contribution in [0, 0.1) is 0 Å². The SMILES string of the molecule is CCOC(=O)N1CCC(Nc2nc(Cl)nc3c2ncn3[C@@H]2O[C@H](c3cc(CC)no3)[C@@H](O)[C@@H]2O)CC1. The van der Waals surface area contributed by atoms with Crippen molar-refractivity contribution in [2.24, 2.45) is 0 Å². The summed E-state index contributed by atoms with van der Waals surface area (Å²) in [5.41, 5.74) is 1.49. The molecule has 0 radical (unpaired) electrons. The molecule has 3 N–H and O–H groups in total. The van der Waals surface area contributed by atoms with Crippen molar-refractivity contribution in [1.29, 1.82) is 0 Å². The molecule has 0 saturated carbocycles. The second kappa shape index (κ2) is 10.2. The van der Waals surface area contributed by atoms with E-state index < -0.39 is 24.5 Å². The minimum atomic E-state index is -1.28. The monoisotopic (exact) mass is 521 g/mol. The number of anilines is 1. The molecule has 5 rings (SSSR count). The smallest absolute Gasteiger partial charge is 0.409 e. The maximum Gasteiger partial charge on any atom is 0.409 e. The van der Waals surface area contributed by atoms with E-state index in [1.54, 1.807) is 17.9 Å². The molecule has 5 heterocycles. The van der Waals surface area contributed by atoms with E-state index in [1.807, 2.05) is 6.92 Å². The number of rotatable bonds is 6. The van der Waals surface area contributed by atoms with Gasteiger partial charge in [-0.15, -0.1) is 0 Å². The number of nitrogens with zero attached hydrogens (tertiary/aromatic N) is 6. The van der Waals surface area contributed by atoms with Crippen LogP contribution in [0.1, 0.15) is 50.5 Å². The Kier molecular flexibility index (Phi) is 6.97. The van der Waals surface area contributed by atoms with E-state index in [0.717, 1.165) is 5.69 Å². The summed E-state index contributed by atoms with van der Waals surface area (Å²) in [6, 6.07) is 1.73. The highest BCUT2D eigenvalue weighted by atomic mass is 35.5. The molecule has 2 fully saturated rings. The molecule has 2 aliphatic rings. The summed E-state index contributed by atoms with van der Waals surface area (Å²) in [7, 11) is 0. The summed E-state index contributed by atoms with van der Waals surface area (Å²) in [6.45, 7) is 5.15. The van der Waals surface area contributed by atoms with Gasteiger partial charge in [-0.05, 0) is 37.8 Å². The zero-order valence-corrected chi connectivity index (χ0v) is 20.6. The summed E-state index contributed by atoms with van der Waals surface area (Å²) in [4.78, 5) is 26.7. The first-order valence-electron chi connectivity index (χ1n) is 11.9. The number of ether oxygens (including phenoxy) is 2. The standard InChI is InChI=1S/C22H28ClN7O6/c1-3-11-9-13(36-28-11)17-15(31)16(32)20(35-17)30-10-24-14-18(26-21(23)27-19(14)30)25-12-5-7-29(8-6-12)22(33)34-4-2/h9-10,12,15-17,20,31-32H,3-8H2,1-2H3,(H,25,26,27)/t15-,16-,17+,20+/m0/s1. The first-order chi connectivity index (χ1) is 17.4. The summed E-state index contributed by atoms with van der Waals surface area (Å²) in [5.74, 6) is 0.764. The molecule has 3 aromatic rings. The summed E-state index contributed by atoms with van der Waals surface area (Å²) >= 11 is 6.24. The number of likely N-dealkylation sites (tertiary alicyclic amines) is 1. The van der Waals surface area contributed by atoms with Crippen LogP contribution in [-0.2, 0) is 15.9 Å². The Balaban J connectivity index is 1.35. The third kappa shape index (κ3) is 4.59. The predicted octanol–water partition coefficient (Wildman–Crippen LogP) is 2.05. The lowest BCUT2D eigenvalue weighted by atomic mass is 10.1. The molecule has 0 aromatic carbocycles. The highest BCUT2D eigenvalue weighted by Gasteiger charge is 2.47. The Hall–Kier alpha value is -3.00. The van der Waals surface area contributed by atoms with Crippen LogP contribution in [0.15, 0.2) is 16.9 Å². The van der Waals surface area contributed by atoms with Gasteiger partial charge in [0.2, 0.25) is 5.28 Å². The number of aliphatic hydroxyl groups is 2. The Morgan fingerprint density at radius 1 is 1.25 bits per heavy atom. The van der Waals surface area contributed by atoms with Crippen molar-refractivity contribution in [3.05, 3.63) is 29.1 Å². The molecule has 0 spiro atoms. The molecule has 194 valence electrons. The fourth-order valence-corrected chi connectivity index (χ4v) is 4.71. The number of hydrogen-bond acceptors (Lipinski definition) is 11. The number of hydrogen-bond donors (Lipinski definition) is 3. The van der Waals surface area contributed by atoms with Gasteiger partial charge in [0.05, 0.1) is 18.6 Å². The summed E-state index contributed by atoms with van der Waals surface area (Å²) < 4.78 is 17.9. The van der Waals surface area contributed by atoms with E-state index >= 15 is 0 Å². The topological polar surface area (TPSA) is 161 Å². The van der Waals surface area contributed by atoms with Gasteiger partial charge in [-0.1, -0.05) is 12.1 Å². The number of aliphatic hydroxyl groups excluding tert-OH is 2. The minimum absolute atomic E-state index is 0.0110. The molecule has 1 amide bonds.